The molecule has 1 aliphatic rings. The molecule has 1 saturated heterocycles. The third-order valence-corrected chi connectivity index (χ3v) is 3.07. The van der Waals surface area contributed by atoms with Gasteiger partial charge in [0.2, 0.25) is 5.91 Å². The number of alkyl halides is 3. The zero-order valence-corrected chi connectivity index (χ0v) is 9.94. The molecule has 0 aromatic carbocycles. The molecule has 2 atom stereocenters. The van der Waals surface area contributed by atoms with Crippen molar-refractivity contribution in [2.75, 3.05) is 18.8 Å². The van der Waals surface area contributed by atoms with E-state index in [0.29, 0.717) is 19.4 Å². The first-order valence-electron chi connectivity index (χ1n) is 5.26. The van der Waals surface area contributed by atoms with Gasteiger partial charge in [-0.3, -0.25) is 4.79 Å². The second kappa shape index (κ2) is 6.46. The quantitative estimate of drug-likeness (QED) is 0.729. The van der Waals surface area contributed by atoms with Crippen LogP contribution >= 0.6 is 11.8 Å². The van der Waals surface area contributed by atoms with E-state index in [1.54, 1.807) is 0 Å². The third kappa shape index (κ3) is 5.60. The van der Waals surface area contributed by atoms with Gasteiger partial charge in [-0.25, -0.2) is 0 Å². The van der Waals surface area contributed by atoms with Crippen LogP contribution in [0.3, 0.4) is 0 Å². The molecule has 0 bridgehead atoms. The van der Waals surface area contributed by atoms with Crippen LogP contribution < -0.4 is 11.1 Å². The van der Waals surface area contributed by atoms with Crippen LogP contribution in [0.5, 0.6) is 0 Å². The van der Waals surface area contributed by atoms with E-state index in [2.05, 4.69) is 5.32 Å². The molecule has 100 valence electrons. The summed E-state index contributed by atoms with van der Waals surface area (Å²) in [6.45, 7) is 0.337. The molecule has 4 nitrogen and oxygen atoms in total. The van der Waals surface area contributed by atoms with Gasteiger partial charge >= 0.3 is 5.51 Å². The lowest BCUT2D eigenvalue weighted by atomic mass is 10.2. The fourth-order valence-electron chi connectivity index (χ4n) is 1.53. The van der Waals surface area contributed by atoms with E-state index in [4.69, 9.17) is 10.5 Å². The van der Waals surface area contributed by atoms with Crippen molar-refractivity contribution in [2.45, 2.75) is 30.6 Å². The summed E-state index contributed by atoms with van der Waals surface area (Å²) in [4.78, 5) is 11.5. The van der Waals surface area contributed by atoms with Crippen molar-refractivity contribution in [3.63, 3.8) is 0 Å². The van der Waals surface area contributed by atoms with E-state index >= 15 is 0 Å². The predicted molar refractivity (Wildman–Crippen MR) is 58.5 cm³/mol. The second-order valence-corrected chi connectivity index (χ2v) is 4.80. The number of carbonyl (C=O) groups is 1. The first kappa shape index (κ1) is 14.6. The highest BCUT2D eigenvalue weighted by Gasteiger charge is 2.30. The van der Waals surface area contributed by atoms with Gasteiger partial charge in [-0.05, 0) is 24.6 Å². The normalized spacial score (nSPS) is 24.9. The van der Waals surface area contributed by atoms with Gasteiger partial charge in [0.1, 0.15) is 6.10 Å². The second-order valence-electron chi connectivity index (χ2n) is 3.65. The summed E-state index contributed by atoms with van der Waals surface area (Å²) in [6.07, 6.45) is 0.598. The van der Waals surface area contributed by atoms with Gasteiger partial charge in [0.05, 0.1) is 6.10 Å². The highest BCUT2D eigenvalue weighted by atomic mass is 32.2. The summed E-state index contributed by atoms with van der Waals surface area (Å²) in [7, 11) is 0. The average Bonchev–Trinajstić information content (AvgIpc) is 2.71. The number of nitrogens with one attached hydrogen (secondary N) is 1. The first-order chi connectivity index (χ1) is 7.92. The molecule has 0 aliphatic carbocycles. The fraction of sp³-hybridized carbons (Fsp3) is 0.889. The van der Waals surface area contributed by atoms with Crippen molar-refractivity contribution in [2.24, 2.45) is 5.73 Å². The van der Waals surface area contributed by atoms with Gasteiger partial charge in [0, 0.05) is 18.8 Å². The van der Waals surface area contributed by atoms with Gasteiger partial charge in [-0.1, -0.05) is 0 Å². The molecule has 0 aromatic rings. The van der Waals surface area contributed by atoms with Crippen LogP contribution in [0.15, 0.2) is 0 Å². The lowest BCUT2D eigenvalue weighted by molar-refractivity contribution is -0.131. The summed E-state index contributed by atoms with van der Waals surface area (Å²) >= 11 is -0.152. The number of ether oxygens (including phenoxy) is 1. The van der Waals surface area contributed by atoms with E-state index in [9.17, 15) is 18.0 Å². The molecule has 1 amide bonds. The maximum Gasteiger partial charge on any atom is 0.441 e. The largest absolute Gasteiger partial charge is 0.441 e. The van der Waals surface area contributed by atoms with E-state index in [0.717, 1.165) is 0 Å². The molecule has 1 rings (SSSR count). The Morgan fingerprint density at radius 1 is 1.47 bits per heavy atom. The monoisotopic (exact) mass is 272 g/mol. The number of thioether (sulfide) groups is 1. The van der Waals surface area contributed by atoms with Crippen molar-refractivity contribution >= 4 is 17.7 Å². The van der Waals surface area contributed by atoms with E-state index in [1.165, 1.54) is 0 Å². The standard InChI is InChI=1S/C9H15F3N2O2S/c10-9(11,12)17-4-3-14-8(15)7-2-1-6(5-13)16-7/h6-7H,1-5,13H2,(H,14,15). The number of amides is 1. The fourth-order valence-corrected chi connectivity index (χ4v) is 1.96. The molecule has 17 heavy (non-hydrogen) atoms. The van der Waals surface area contributed by atoms with Gasteiger partial charge < -0.3 is 15.8 Å². The van der Waals surface area contributed by atoms with Gasteiger partial charge in [0.25, 0.3) is 0 Å². The molecule has 2 unspecified atom stereocenters. The minimum Gasteiger partial charge on any atom is -0.364 e. The van der Waals surface area contributed by atoms with Crippen molar-refractivity contribution in [1.82, 2.24) is 5.32 Å². The Morgan fingerprint density at radius 2 is 2.18 bits per heavy atom. The molecule has 3 N–H and O–H groups in total. The van der Waals surface area contributed by atoms with Crippen molar-refractivity contribution in [3.05, 3.63) is 0 Å². The smallest absolute Gasteiger partial charge is 0.364 e. The number of hydrogen-bond acceptors (Lipinski definition) is 4. The minimum absolute atomic E-state index is 0.0177. The first-order valence-corrected chi connectivity index (χ1v) is 6.25. The van der Waals surface area contributed by atoms with E-state index in [-0.39, 0.29) is 36.1 Å². The minimum atomic E-state index is -4.25. The Bertz CT molecular complexity index is 263. The van der Waals surface area contributed by atoms with Crippen LogP contribution in [0.25, 0.3) is 0 Å². The van der Waals surface area contributed by atoms with Crippen LogP contribution in [0, 0.1) is 0 Å². The predicted octanol–water partition coefficient (Wildman–Crippen LogP) is 0.862. The molecule has 0 saturated carbocycles. The zero-order valence-electron chi connectivity index (χ0n) is 9.13. The Morgan fingerprint density at radius 3 is 2.71 bits per heavy atom. The number of halogens is 3. The average molecular weight is 272 g/mol. The molecule has 0 spiro atoms. The van der Waals surface area contributed by atoms with E-state index < -0.39 is 11.6 Å². The molecule has 8 heteroatoms. The van der Waals surface area contributed by atoms with Crippen LogP contribution in [0.4, 0.5) is 13.2 Å². The van der Waals surface area contributed by atoms with Crippen molar-refractivity contribution < 1.29 is 22.7 Å². The zero-order chi connectivity index (χ0) is 12.9. The SMILES string of the molecule is NCC1CCC(C(=O)NCCSC(F)(F)F)O1. The van der Waals surface area contributed by atoms with Gasteiger partial charge in [-0.15, -0.1) is 0 Å². The molecule has 0 aromatic heterocycles. The summed E-state index contributed by atoms with van der Waals surface area (Å²) < 4.78 is 40.7. The highest BCUT2D eigenvalue weighted by Crippen LogP contribution is 2.29. The van der Waals surface area contributed by atoms with Crippen molar-refractivity contribution in [1.29, 1.82) is 0 Å². The van der Waals surface area contributed by atoms with Crippen molar-refractivity contribution in [3.8, 4) is 0 Å². The summed E-state index contributed by atoms with van der Waals surface area (Å²) in [5.74, 6) is -0.550. The Hall–Kier alpha value is -0.470. The molecular formula is C9H15F3N2O2S. The van der Waals surface area contributed by atoms with Crippen LogP contribution in [-0.4, -0.2) is 42.5 Å². The lowest BCUT2D eigenvalue weighted by Crippen LogP contribution is -2.36. The van der Waals surface area contributed by atoms with E-state index in [1.807, 2.05) is 0 Å². The molecular weight excluding hydrogens is 257 g/mol. The lowest BCUT2D eigenvalue weighted by Gasteiger charge is -2.12. The molecule has 1 fully saturated rings. The molecule has 0 radical (unpaired) electrons. The Balaban J connectivity index is 2.14. The number of nitrogens with two attached hydrogens (primary N) is 1. The topological polar surface area (TPSA) is 64.4 Å². The summed E-state index contributed by atoms with van der Waals surface area (Å²) in [5, 5.41) is 2.42. The Labute approximate surface area is 101 Å². The Kier molecular flexibility index (Phi) is 5.54. The maximum atomic E-state index is 11.8. The van der Waals surface area contributed by atoms with Gasteiger partial charge in [0.15, 0.2) is 0 Å². The molecule has 1 heterocycles. The maximum absolute atomic E-state index is 11.8. The number of carbonyl (C=O) groups excluding carboxylic acids is 1. The van der Waals surface area contributed by atoms with Crippen LogP contribution in [-0.2, 0) is 9.53 Å². The summed E-state index contributed by atoms with van der Waals surface area (Å²) in [6, 6.07) is 0. The molecule has 1 aliphatic heterocycles. The number of hydrogen-bond donors (Lipinski definition) is 2. The summed E-state index contributed by atoms with van der Waals surface area (Å²) in [5.41, 5.74) is 1.13. The third-order valence-electron chi connectivity index (χ3n) is 2.33. The van der Waals surface area contributed by atoms with Crippen LogP contribution in [0.2, 0.25) is 0 Å². The van der Waals surface area contributed by atoms with Gasteiger partial charge in [-0.2, -0.15) is 13.2 Å². The number of rotatable bonds is 5. The van der Waals surface area contributed by atoms with Crippen LogP contribution in [0.1, 0.15) is 12.8 Å². The highest BCUT2D eigenvalue weighted by molar-refractivity contribution is 8.00.